The lowest BCUT2D eigenvalue weighted by molar-refractivity contribution is 0.257. The molecule has 3 rings (SSSR count). The zero-order valence-electron chi connectivity index (χ0n) is 13.5. The van der Waals surface area contributed by atoms with Gasteiger partial charge in [0.1, 0.15) is 5.75 Å². The quantitative estimate of drug-likeness (QED) is 0.705. The fourth-order valence-corrected chi connectivity index (χ4v) is 3.30. The molecule has 0 atom stereocenters. The van der Waals surface area contributed by atoms with Gasteiger partial charge >= 0.3 is 0 Å². The first kappa shape index (κ1) is 15.4. The first-order valence-corrected chi connectivity index (χ1v) is 8.76. The molecule has 0 bridgehead atoms. The average Bonchev–Trinajstić information content (AvgIpc) is 2.83. The monoisotopic (exact) mass is 297 g/mol. The van der Waals surface area contributed by atoms with Crippen LogP contribution in [-0.4, -0.2) is 31.1 Å². The Balaban J connectivity index is 1.42. The minimum atomic E-state index is 0.821. The van der Waals surface area contributed by atoms with E-state index in [0.717, 1.165) is 18.8 Å². The first-order valence-electron chi connectivity index (χ1n) is 8.76. The predicted molar refractivity (Wildman–Crippen MR) is 93.6 cm³/mol. The molecule has 0 aliphatic carbocycles. The number of hydrogen-bond donors (Lipinski definition) is 0. The Morgan fingerprint density at radius 3 is 2.45 bits per heavy atom. The van der Waals surface area contributed by atoms with Crippen molar-refractivity contribution in [1.82, 2.24) is 4.90 Å². The number of benzene rings is 2. The van der Waals surface area contributed by atoms with Crippen molar-refractivity contribution in [3.63, 3.8) is 0 Å². The van der Waals surface area contributed by atoms with E-state index in [1.54, 1.807) is 0 Å². The Labute approximate surface area is 134 Å². The largest absolute Gasteiger partial charge is 0.493 e. The molecule has 0 N–H and O–H groups in total. The van der Waals surface area contributed by atoms with Crippen LogP contribution in [-0.2, 0) is 0 Å². The van der Waals surface area contributed by atoms with E-state index in [9.17, 15) is 0 Å². The van der Waals surface area contributed by atoms with Gasteiger partial charge in [-0.25, -0.2) is 0 Å². The van der Waals surface area contributed by atoms with Gasteiger partial charge in [0.15, 0.2) is 0 Å². The Hall–Kier alpha value is -1.54. The molecular weight excluding hydrogens is 270 g/mol. The molecule has 0 unspecified atom stereocenters. The molecule has 2 aromatic rings. The van der Waals surface area contributed by atoms with Crippen molar-refractivity contribution in [1.29, 1.82) is 0 Å². The van der Waals surface area contributed by atoms with Crippen molar-refractivity contribution in [2.24, 2.45) is 0 Å². The molecule has 1 aliphatic heterocycles. The van der Waals surface area contributed by atoms with Crippen LogP contribution in [0.15, 0.2) is 42.5 Å². The second-order valence-corrected chi connectivity index (χ2v) is 6.29. The number of nitrogens with zero attached hydrogens (tertiary/aromatic N) is 1. The van der Waals surface area contributed by atoms with Gasteiger partial charge in [-0.2, -0.15) is 0 Å². The van der Waals surface area contributed by atoms with E-state index in [4.69, 9.17) is 4.74 Å². The van der Waals surface area contributed by atoms with Crippen molar-refractivity contribution in [2.45, 2.75) is 38.5 Å². The summed E-state index contributed by atoms with van der Waals surface area (Å²) in [6.45, 7) is 4.65. The summed E-state index contributed by atoms with van der Waals surface area (Å²) >= 11 is 0. The van der Waals surface area contributed by atoms with Crippen molar-refractivity contribution < 1.29 is 4.74 Å². The number of unbranched alkanes of at least 4 members (excludes halogenated alkanes) is 1. The molecule has 0 saturated carbocycles. The molecule has 22 heavy (non-hydrogen) atoms. The van der Waals surface area contributed by atoms with Crippen LogP contribution in [0.3, 0.4) is 0 Å². The summed E-state index contributed by atoms with van der Waals surface area (Å²) in [6.07, 6.45) is 7.98. The minimum absolute atomic E-state index is 0.821. The fraction of sp³-hybridized carbons (Fsp3) is 0.500. The second kappa shape index (κ2) is 8.19. The molecule has 1 aliphatic rings. The fourth-order valence-electron chi connectivity index (χ4n) is 3.30. The maximum Gasteiger partial charge on any atom is 0.127 e. The van der Waals surface area contributed by atoms with Gasteiger partial charge in [-0.3, -0.25) is 0 Å². The van der Waals surface area contributed by atoms with E-state index < -0.39 is 0 Å². The van der Waals surface area contributed by atoms with Gasteiger partial charge in [-0.15, -0.1) is 0 Å². The van der Waals surface area contributed by atoms with Crippen LogP contribution in [0.2, 0.25) is 0 Å². The molecule has 0 spiro atoms. The second-order valence-electron chi connectivity index (χ2n) is 6.29. The van der Waals surface area contributed by atoms with E-state index in [2.05, 4.69) is 47.4 Å². The number of fused-ring (bicyclic) bond motifs is 1. The highest BCUT2D eigenvalue weighted by atomic mass is 16.5. The van der Waals surface area contributed by atoms with Crippen LogP contribution in [0, 0.1) is 0 Å². The van der Waals surface area contributed by atoms with Crippen LogP contribution >= 0.6 is 0 Å². The highest BCUT2D eigenvalue weighted by Crippen LogP contribution is 2.25. The van der Waals surface area contributed by atoms with E-state index in [-0.39, 0.29) is 0 Å². The molecular formula is C20H27NO. The third kappa shape index (κ3) is 4.23. The Morgan fingerprint density at radius 1 is 0.818 bits per heavy atom. The molecule has 1 heterocycles. The van der Waals surface area contributed by atoms with Gasteiger partial charge in [0.2, 0.25) is 0 Å². The summed E-state index contributed by atoms with van der Waals surface area (Å²) in [7, 11) is 0. The van der Waals surface area contributed by atoms with E-state index in [0.29, 0.717) is 0 Å². The summed E-state index contributed by atoms with van der Waals surface area (Å²) in [5.41, 5.74) is 0. The summed E-state index contributed by atoms with van der Waals surface area (Å²) in [4.78, 5) is 2.63. The topological polar surface area (TPSA) is 12.5 Å². The van der Waals surface area contributed by atoms with Gasteiger partial charge in [0.25, 0.3) is 0 Å². The highest BCUT2D eigenvalue weighted by molar-refractivity contribution is 5.88. The molecule has 1 fully saturated rings. The average molecular weight is 297 g/mol. The normalized spacial score (nSPS) is 16.5. The summed E-state index contributed by atoms with van der Waals surface area (Å²) in [5.74, 6) is 1.02. The van der Waals surface area contributed by atoms with Crippen molar-refractivity contribution in [3.05, 3.63) is 42.5 Å². The summed E-state index contributed by atoms with van der Waals surface area (Å²) in [5, 5.41) is 2.47. The molecule has 0 aromatic heterocycles. The van der Waals surface area contributed by atoms with Crippen LogP contribution in [0.4, 0.5) is 0 Å². The van der Waals surface area contributed by atoms with Crippen molar-refractivity contribution in [2.75, 3.05) is 26.2 Å². The first-order chi connectivity index (χ1) is 10.9. The van der Waals surface area contributed by atoms with Gasteiger partial charge in [0.05, 0.1) is 6.61 Å². The lowest BCUT2D eigenvalue weighted by Gasteiger charge is -2.19. The lowest BCUT2D eigenvalue weighted by Crippen LogP contribution is -2.25. The SMILES string of the molecule is c1ccc2c(OCCCCN3CCCCCC3)cccc2c1. The van der Waals surface area contributed by atoms with E-state index >= 15 is 0 Å². The Kier molecular flexibility index (Phi) is 5.72. The Morgan fingerprint density at radius 2 is 1.59 bits per heavy atom. The lowest BCUT2D eigenvalue weighted by atomic mass is 10.1. The van der Waals surface area contributed by atoms with Gasteiger partial charge < -0.3 is 9.64 Å². The minimum Gasteiger partial charge on any atom is -0.493 e. The summed E-state index contributed by atoms with van der Waals surface area (Å²) in [6, 6.07) is 14.7. The highest BCUT2D eigenvalue weighted by Gasteiger charge is 2.08. The molecule has 2 aromatic carbocycles. The third-order valence-electron chi connectivity index (χ3n) is 4.57. The van der Waals surface area contributed by atoms with Gasteiger partial charge in [-0.05, 0) is 56.8 Å². The molecule has 2 nitrogen and oxygen atoms in total. The molecule has 0 radical (unpaired) electrons. The van der Waals surface area contributed by atoms with E-state index in [1.165, 1.54) is 62.5 Å². The molecule has 0 amide bonds. The number of rotatable bonds is 6. The maximum absolute atomic E-state index is 6.01. The van der Waals surface area contributed by atoms with Gasteiger partial charge in [0, 0.05) is 5.39 Å². The molecule has 1 saturated heterocycles. The zero-order valence-corrected chi connectivity index (χ0v) is 13.5. The van der Waals surface area contributed by atoms with Gasteiger partial charge in [-0.1, -0.05) is 49.2 Å². The predicted octanol–water partition coefficient (Wildman–Crippen LogP) is 4.87. The van der Waals surface area contributed by atoms with Crippen LogP contribution in [0.25, 0.3) is 10.8 Å². The van der Waals surface area contributed by atoms with Crippen molar-refractivity contribution >= 4 is 10.8 Å². The molecule has 2 heteroatoms. The number of hydrogen-bond acceptors (Lipinski definition) is 2. The maximum atomic E-state index is 6.01. The van der Waals surface area contributed by atoms with E-state index in [1.807, 2.05) is 0 Å². The summed E-state index contributed by atoms with van der Waals surface area (Å²) < 4.78 is 6.01. The van der Waals surface area contributed by atoms with Crippen LogP contribution < -0.4 is 4.74 Å². The standard InChI is InChI=1S/C20H27NO/c1-2-6-15-21(14-5-1)16-7-8-17-22-20-13-9-11-18-10-3-4-12-19(18)20/h3-4,9-13H,1-2,5-8,14-17H2. The van der Waals surface area contributed by atoms with Crippen LogP contribution in [0.1, 0.15) is 38.5 Å². The van der Waals surface area contributed by atoms with Crippen LogP contribution in [0.5, 0.6) is 5.75 Å². The third-order valence-corrected chi connectivity index (χ3v) is 4.57. The molecule has 118 valence electrons. The smallest absolute Gasteiger partial charge is 0.127 e. The Bertz CT molecular complexity index is 567. The number of ether oxygens (including phenoxy) is 1. The number of likely N-dealkylation sites (tertiary alicyclic amines) is 1. The van der Waals surface area contributed by atoms with Crippen molar-refractivity contribution in [3.8, 4) is 5.75 Å². The zero-order chi connectivity index (χ0) is 15.0.